The van der Waals surface area contributed by atoms with Crippen LogP contribution in [0.4, 0.5) is 22.0 Å². The molecular weight excluding hydrogens is 758 g/mol. The topological polar surface area (TPSA) is 99.4 Å². The van der Waals surface area contributed by atoms with Crippen molar-refractivity contribution >= 4 is 36.1 Å². The summed E-state index contributed by atoms with van der Waals surface area (Å²) in [6, 6.07) is 9.16. The molecule has 2 aromatic carbocycles. The largest absolute Gasteiger partial charge is 0.434 e. The predicted octanol–water partition coefficient (Wildman–Crippen LogP) is 9.12. The fraction of sp³-hybridized carbons (Fsp3) is 0.538. The Morgan fingerprint density at radius 1 is 0.982 bits per heavy atom. The van der Waals surface area contributed by atoms with E-state index in [9.17, 15) is 17.8 Å². The number of imidazole rings is 1. The molecule has 0 saturated heterocycles. The van der Waals surface area contributed by atoms with Crippen LogP contribution < -0.4 is 4.74 Å². The van der Waals surface area contributed by atoms with E-state index in [0.717, 1.165) is 0 Å². The quantitative estimate of drug-likeness (QED) is 0.130. The molecule has 0 unspecified atom stereocenters. The van der Waals surface area contributed by atoms with Crippen LogP contribution in [0.5, 0.6) is 5.75 Å². The second kappa shape index (κ2) is 12.9. The molecule has 1 saturated carbocycles. The number of aromatic nitrogens is 4. The second-order valence-electron chi connectivity index (χ2n) is 17.7. The summed E-state index contributed by atoms with van der Waals surface area (Å²) in [5.74, 6) is 0.355. The smallest absolute Gasteiger partial charge is 0.416 e. The van der Waals surface area contributed by atoms with Gasteiger partial charge in [-0.25, -0.2) is 15.0 Å². The van der Waals surface area contributed by atoms with Crippen LogP contribution in [-0.2, 0) is 20.6 Å². The summed E-state index contributed by atoms with van der Waals surface area (Å²) in [5, 5.41) is -0.469. The van der Waals surface area contributed by atoms with E-state index in [4.69, 9.17) is 14.1 Å². The maximum Gasteiger partial charge on any atom is 0.416 e. The molecule has 4 heterocycles. The minimum atomic E-state index is -4.66. The summed E-state index contributed by atoms with van der Waals surface area (Å²) in [6.45, 7) is 11.6. The van der Waals surface area contributed by atoms with Gasteiger partial charge in [-0.3, -0.25) is 9.00 Å². The monoisotopic (exact) mass is 803 g/mol. The van der Waals surface area contributed by atoms with Gasteiger partial charge in [0.05, 0.1) is 23.1 Å². The lowest BCUT2D eigenvalue weighted by Gasteiger charge is -2.58. The first-order valence-corrected chi connectivity index (χ1v) is 22.5. The molecule has 2 aliphatic heterocycles. The van der Waals surface area contributed by atoms with Gasteiger partial charge in [0.1, 0.15) is 17.4 Å². The zero-order valence-corrected chi connectivity index (χ0v) is 34.2. The van der Waals surface area contributed by atoms with E-state index >= 15 is 13.2 Å². The third-order valence-electron chi connectivity index (χ3n) is 12.0. The molecule has 0 N–H and O–H groups in total. The van der Waals surface area contributed by atoms with Crippen molar-refractivity contribution in [3.8, 4) is 16.9 Å². The first kappa shape index (κ1) is 39.5. The normalized spacial score (nSPS) is 24.8. The molecule has 9 nitrogen and oxygen atoms in total. The fourth-order valence-corrected chi connectivity index (χ4v) is 10.8. The lowest BCUT2D eigenvalue weighted by Crippen LogP contribution is -2.69. The van der Waals surface area contributed by atoms with Crippen LogP contribution in [0, 0.1) is 0 Å². The number of amides is 1. The number of hydrogen-bond donors (Lipinski definition) is 0. The van der Waals surface area contributed by atoms with Gasteiger partial charge in [-0.05, 0) is 81.6 Å². The van der Waals surface area contributed by atoms with Crippen molar-refractivity contribution in [2.75, 3.05) is 12.8 Å². The van der Waals surface area contributed by atoms with Crippen LogP contribution in [0.25, 0.3) is 22.2 Å². The van der Waals surface area contributed by atoms with E-state index in [2.05, 4.69) is 9.97 Å². The second-order valence-corrected chi connectivity index (χ2v) is 24.6. The zero-order valence-electron chi connectivity index (χ0n) is 32.3. The summed E-state index contributed by atoms with van der Waals surface area (Å²) in [5.41, 5.74) is -0.414. The molecule has 0 spiro atoms. The minimum absolute atomic E-state index is 0.0549. The molecule has 7 rings (SSSR count). The number of rotatable bonds is 8. The van der Waals surface area contributed by atoms with Gasteiger partial charge in [-0.15, -0.1) is 0 Å². The Labute approximate surface area is 320 Å². The van der Waals surface area contributed by atoms with E-state index < -0.39 is 77.6 Å². The Morgan fingerprint density at radius 2 is 1.64 bits per heavy atom. The standard InChI is InChI=1S/C39H46F5N5O4SSi/c1-35(2,3)54(51)21-37(19-38(20-37,39(42,43)44)53-55(8,9)36(4,5)6)33-45-17-23(18-46-33)22-13-14-25-26(15-22)49-27-16-28(31(49)47-25)48(7)32(50)24-11-10-12-29(30(24)27)52-34(40)41/h10-15,17-18,27-28,34H,16,19-21H2,1-9H3/t27-,28-,37?,38?,54-/m1/s1. The zero-order chi connectivity index (χ0) is 40.3. The SMILES string of the molecule is CN1C(=O)c2cccc(OC(F)F)c2[C@H]2C[C@@H]1c1nc3ccc(-c4cnc(C5(C[S@@](=O)C(C)(C)C)CC(O[Si](C)(C)C(C)(C)C)(C(F)(F)F)C5)nc4)cc3n12. The van der Waals surface area contributed by atoms with Gasteiger partial charge >= 0.3 is 12.8 Å². The van der Waals surface area contributed by atoms with E-state index in [1.54, 1.807) is 64.3 Å². The van der Waals surface area contributed by atoms with Crippen molar-refractivity contribution < 1.29 is 40.1 Å². The van der Waals surface area contributed by atoms with E-state index in [1.165, 1.54) is 12.1 Å². The first-order valence-electron chi connectivity index (χ1n) is 18.2. The Morgan fingerprint density at radius 3 is 2.22 bits per heavy atom. The lowest BCUT2D eigenvalue weighted by molar-refractivity contribution is -0.295. The van der Waals surface area contributed by atoms with E-state index in [1.807, 2.05) is 43.5 Å². The maximum absolute atomic E-state index is 15.0. The number of benzene rings is 2. The molecule has 55 heavy (non-hydrogen) atoms. The summed E-state index contributed by atoms with van der Waals surface area (Å²) >= 11 is 0. The molecule has 3 aliphatic rings. The molecular formula is C39H46F5N5O4SSi. The van der Waals surface area contributed by atoms with Crippen LogP contribution in [0.15, 0.2) is 48.8 Å². The van der Waals surface area contributed by atoms with Gasteiger partial charge in [0, 0.05) is 69.3 Å². The van der Waals surface area contributed by atoms with Crippen LogP contribution >= 0.6 is 0 Å². The van der Waals surface area contributed by atoms with E-state index in [-0.39, 0.29) is 28.8 Å². The number of carbonyl (C=O) groups is 1. The van der Waals surface area contributed by atoms with Gasteiger partial charge in [-0.2, -0.15) is 22.0 Å². The van der Waals surface area contributed by atoms with Crippen molar-refractivity contribution in [3.63, 3.8) is 0 Å². The summed E-state index contributed by atoms with van der Waals surface area (Å²) in [6.07, 6.45) is -2.01. The highest BCUT2D eigenvalue weighted by Crippen LogP contribution is 2.61. The Bertz CT molecular complexity index is 2190. The number of hydrogen-bond acceptors (Lipinski definition) is 7. The molecule has 2 bridgehead atoms. The van der Waals surface area contributed by atoms with Crippen molar-refractivity contribution in [1.82, 2.24) is 24.4 Å². The lowest BCUT2D eigenvalue weighted by atomic mass is 9.59. The molecule has 1 amide bonds. The third kappa shape index (κ3) is 6.49. The number of carbonyl (C=O) groups excluding carboxylic acids is 1. The van der Waals surface area contributed by atoms with Gasteiger partial charge < -0.3 is 18.6 Å². The van der Waals surface area contributed by atoms with Crippen molar-refractivity contribution in [2.45, 2.75) is 120 Å². The van der Waals surface area contributed by atoms with Gasteiger partial charge in [0.25, 0.3) is 5.91 Å². The maximum atomic E-state index is 15.0. The van der Waals surface area contributed by atoms with Crippen molar-refractivity contribution in [2.24, 2.45) is 0 Å². The molecule has 296 valence electrons. The van der Waals surface area contributed by atoms with Crippen LogP contribution in [0.2, 0.25) is 18.1 Å². The number of halogens is 5. The summed E-state index contributed by atoms with van der Waals surface area (Å²) in [7, 11) is -2.73. The number of nitrogens with zero attached hydrogens (tertiary/aromatic N) is 5. The highest BCUT2D eigenvalue weighted by atomic mass is 32.2. The Balaban J connectivity index is 1.27. The molecule has 3 atom stereocenters. The van der Waals surface area contributed by atoms with Crippen LogP contribution in [-0.4, -0.2) is 78.8 Å². The van der Waals surface area contributed by atoms with Crippen molar-refractivity contribution in [1.29, 1.82) is 0 Å². The first-order chi connectivity index (χ1) is 25.4. The van der Waals surface area contributed by atoms with E-state index in [0.29, 0.717) is 40.0 Å². The highest BCUT2D eigenvalue weighted by molar-refractivity contribution is 7.86. The molecule has 0 radical (unpaired) electrons. The molecule has 2 aromatic heterocycles. The van der Waals surface area contributed by atoms with Crippen molar-refractivity contribution in [3.05, 3.63) is 71.6 Å². The highest BCUT2D eigenvalue weighted by Gasteiger charge is 2.72. The Hall–Kier alpha value is -3.76. The summed E-state index contributed by atoms with van der Waals surface area (Å²) < 4.78 is 98.1. The molecule has 16 heteroatoms. The minimum Gasteiger partial charge on any atom is -0.434 e. The van der Waals surface area contributed by atoms with Gasteiger partial charge in [-0.1, -0.05) is 32.9 Å². The number of fused-ring (bicyclic) bond motifs is 9. The third-order valence-corrected chi connectivity index (χ3v) is 18.7. The predicted molar refractivity (Wildman–Crippen MR) is 202 cm³/mol. The van der Waals surface area contributed by atoms with Gasteiger partial charge in [0.15, 0.2) is 13.9 Å². The number of alkyl halides is 5. The number of ether oxygens (including phenoxy) is 1. The van der Waals surface area contributed by atoms with Crippen LogP contribution in [0.3, 0.4) is 0 Å². The Kier molecular flexibility index (Phi) is 9.24. The van der Waals surface area contributed by atoms with Gasteiger partial charge in [0.2, 0.25) is 0 Å². The molecule has 4 aromatic rings. The fourth-order valence-electron chi connectivity index (χ4n) is 8.02. The summed E-state index contributed by atoms with van der Waals surface area (Å²) in [4.78, 5) is 29.3. The average Bonchev–Trinajstić information content (AvgIpc) is 3.58. The molecule has 1 aliphatic carbocycles. The average molecular weight is 804 g/mol. The molecule has 1 fully saturated rings. The van der Waals surface area contributed by atoms with Crippen LogP contribution in [0.1, 0.15) is 100 Å².